The number of carboxylic acid groups (broad SMARTS) is 1. The van der Waals surface area contributed by atoms with E-state index in [2.05, 4.69) is 0 Å². The third kappa shape index (κ3) is 3.16. The number of hydrogen-bond donors (Lipinski definition) is 1. The van der Waals surface area contributed by atoms with Gasteiger partial charge in [-0.25, -0.2) is 0 Å². The number of aldehydes is 1. The molecule has 0 aliphatic rings. The predicted molar refractivity (Wildman–Crippen MR) is 41.3 cm³/mol. The molecule has 0 aromatic heterocycles. The molecule has 2 atom stereocenters. The second-order valence-electron chi connectivity index (χ2n) is 2.73. The number of carbonyl (C=O) groups is 2. The van der Waals surface area contributed by atoms with E-state index in [1.807, 2.05) is 13.8 Å². The molecule has 1 N–H and O–H groups in total. The van der Waals surface area contributed by atoms with Crippen LogP contribution < -0.4 is 0 Å². The number of carboxylic acids is 1. The van der Waals surface area contributed by atoms with E-state index in [4.69, 9.17) is 5.11 Å². The zero-order valence-electron chi connectivity index (χ0n) is 6.91. The molecule has 11 heavy (non-hydrogen) atoms. The zero-order valence-corrected chi connectivity index (χ0v) is 6.91. The second kappa shape index (κ2) is 4.88. The smallest absolute Gasteiger partial charge is 0.307 e. The molecule has 0 amide bonds. The Bertz CT molecular complexity index is 142. The molecule has 0 aromatic rings. The van der Waals surface area contributed by atoms with Crippen molar-refractivity contribution in [1.82, 2.24) is 0 Å². The largest absolute Gasteiger partial charge is 0.481 e. The highest BCUT2D eigenvalue weighted by molar-refractivity contribution is 5.73. The van der Waals surface area contributed by atoms with E-state index in [1.54, 1.807) is 0 Å². The lowest BCUT2D eigenvalue weighted by Crippen LogP contribution is -2.21. The molecule has 0 rings (SSSR count). The fourth-order valence-electron chi connectivity index (χ4n) is 0.965. The average molecular weight is 158 g/mol. The molecular weight excluding hydrogens is 144 g/mol. The third-order valence-electron chi connectivity index (χ3n) is 2.00. The highest BCUT2D eigenvalue weighted by Crippen LogP contribution is 2.17. The zero-order chi connectivity index (χ0) is 8.85. The maximum atomic E-state index is 10.5. The van der Waals surface area contributed by atoms with Crippen molar-refractivity contribution in [2.75, 3.05) is 0 Å². The van der Waals surface area contributed by atoms with E-state index in [-0.39, 0.29) is 12.3 Å². The van der Waals surface area contributed by atoms with Gasteiger partial charge in [0.25, 0.3) is 0 Å². The van der Waals surface area contributed by atoms with Gasteiger partial charge in [0.05, 0.1) is 5.92 Å². The van der Waals surface area contributed by atoms with Gasteiger partial charge >= 0.3 is 5.97 Å². The van der Waals surface area contributed by atoms with Gasteiger partial charge in [-0.05, 0) is 5.92 Å². The quantitative estimate of drug-likeness (QED) is 0.614. The van der Waals surface area contributed by atoms with Crippen LogP contribution in [-0.4, -0.2) is 17.4 Å². The van der Waals surface area contributed by atoms with Crippen LogP contribution in [0.5, 0.6) is 0 Å². The van der Waals surface area contributed by atoms with Gasteiger partial charge in [0.15, 0.2) is 0 Å². The van der Waals surface area contributed by atoms with Crippen LogP contribution >= 0.6 is 0 Å². The fourth-order valence-corrected chi connectivity index (χ4v) is 0.965. The highest BCUT2D eigenvalue weighted by atomic mass is 16.4. The standard InChI is InChI=1S/C8H14O3/c1-3-6(2)7(4-5-9)8(10)11/h5-7H,3-4H2,1-2H3,(H,10,11)/t6?,7-/m1/s1. The summed E-state index contributed by atoms with van der Waals surface area (Å²) in [5, 5.41) is 8.65. The van der Waals surface area contributed by atoms with E-state index < -0.39 is 11.9 Å². The lowest BCUT2D eigenvalue weighted by molar-refractivity contribution is -0.144. The summed E-state index contributed by atoms with van der Waals surface area (Å²) in [6.07, 6.45) is 1.60. The molecular formula is C8H14O3. The van der Waals surface area contributed by atoms with Crippen LogP contribution in [0.4, 0.5) is 0 Å². The highest BCUT2D eigenvalue weighted by Gasteiger charge is 2.22. The minimum Gasteiger partial charge on any atom is -0.481 e. The topological polar surface area (TPSA) is 54.4 Å². The Labute approximate surface area is 66.4 Å². The molecule has 0 aliphatic heterocycles. The first kappa shape index (κ1) is 10.1. The van der Waals surface area contributed by atoms with E-state index >= 15 is 0 Å². The summed E-state index contributed by atoms with van der Waals surface area (Å²) in [6, 6.07) is 0. The summed E-state index contributed by atoms with van der Waals surface area (Å²) in [5.74, 6) is -1.29. The molecule has 3 heteroatoms. The molecule has 0 fully saturated rings. The molecule has 0 aliphatic carbocycles. The summed E-state index contributed by atoms with van der Waals surface area (Å²) in [5.41, 5.74) is 0. The monoisotopic (exact) mass is 158 g/mol. The van der Waals surface area contributed by atoms with Gasteiger partial charge in [-0.1, -0.05) is 20.3 Å². The SMILES string of the molecule is CCC(C)[C@@H](CC=O)C(=O)O. The Morgan fingerprint density at radius 2 is 2.18 bits per heavy atom. The summed E-state index contributed by atoms with van der Waals surface area (Å²) in [6.45, 7) is 3.77. The molecule has 0 aromatic carbocycles. The van der Waals surface area contributed by atoms with Crippen LogP contribution in [-0.2, 0) is 9.59 Å². The first-order valence-electron chi connectivity index (χ1n) is 3.79. The summed E-state index contributed by atoms with van der Waals surface area (Å²) in [7, 11) is 0. The van der Waals surface area contributed by atoms with Crippen molar-refractivity contribution >= 4 is 12.3 Å². The second-order valence-corrected chi connectivity index (χ2v) is 2.73. The molecule has 0 heterocycles. The average Bonchev–Trinajstić information content (AvgIpc) is 1.98. The Balaban J connectivity index is 4.08. The molecule has 0 saturated carbocycles. The molecule has 1 unspecified atom stereocenters. The predicted octanol–water partition coefficient (Wildman–Crippen LogP) is 1.32. The lowest BCUT2D eigenvalue weighted by atomic mass is 9.90. The van der Waals surface area contributed by atoms with Gasteiger partial charge in [-0.2, -0.15) is 0 Å². The van der Waals surface area contributed by atoms with Crippen molar-refractivity contribution < 1.29 is 14.7 Å². The van der Waals surface area contributed by atoms with Crippen molar-refractivity contribution in [2.45, 2.75) is 26.7 Å². The van der Waals surface area contributed by atoms with Crippen LogP contribution in [0.15, 0.2) is 0 Å². The number of hydrogen-bond acceptors (Lipinski definition) is 2. The maximum Gasteiger partial charge on any atom is 0.307 e. The van der Waals surface area contributed by atoms with Gasteiger partial charge in [-0.3, -0.25) is 4.79 Å². The normalized spacial score (nSPS) is 15.5. The van der Waals surface area contributed by atoms with E-state index in [0.717, 1.165) is 6.42 Å². The molecule has 0 radical (unpaired) electrons. The Morgan fingerprint density at radius 1 is 1.64 bits per heavy atom. The minimum atomic E-state index is -0.869. The number of aliphatic carboxylic acids is 1. The number of carbonyl (C=O) groups excluding carboxylic acids is 1. The maximum absolute atomic E-state index is 10.5. The van der Waals surface area contributed by atoms with E-state index in [0.29, 0.717) is 6.29 Å². The fraction of sp³-hybridized carbons (Fsp3) is 0.750. The van der Waals surface area contributed by atoms with Crippen molar-refractivity contribution in [1.29, 1.82) is 0 Å². The Kier molecular flexibility index (Phi) is 4.50. The van der Waals surface area contributed by atoms with Crippen LogP contribution in [0.2, 0.25) is 0 Å². The molecule has 0 saturated heterocycles. The van der Waals surface area contributed by atoms with Gasteiger partial charge in [0.1, 0.15) is 6.29 Å². The van der Waals surface area contributed by atoms with Crippen molar-refractivity contribution in [3.05, 3.63) is 0 Å². The first-order valence-corrected chi connectivity index (χ1v) is 3.79. The van der Waals surface area contributed by atoms with Gasteiger partial charge < -0.3 is 9.90 Å². The Hall–Kier alpha value is -0.860. The van der Waals surface area contributed by atoms with Crippen molar-refractivity contribution in [3.8, 4) is 0 Å². The number of rotatable bonds is 5. The Morgan fingerprint density at radius 3 is 2.45 bits per heavy atom. The first-order chi connectivity index (χ1) is 5.13. The van der Waals surface area contributed by atoms with Crippen LogP contribution in [0.3, 0.4) is 0 Å². The van der Waals surface area contributed by atoms with Crippen LogP contribution in [0.25, 0.3) is 0 Å². The van der Waals surface area contributed by atoms with Crippen LogP contribution in [0, 0.1) is 11.8 Å². The summed E-state index contributed by atoms with van der Waals surface area (Å²) in [4.78, 5) is 20.6. The lowest BCUT2D eigenvalue weighted by Gasteiger charge is -2.15. The third-order valence-corrected chi connectivity index (χ3v) is 2.00. The summed E-state index contributed by atoms with van der Waals surface area (Å²) >= 11 is 0. The summed E-state index contributed by atoms with van der Waals surface area (Å²) < 4.78 is 0. The van der Waals surface area contributed by atoms with E-state index in [9.17, 15) is 9.59 Å². The van der Waals surface area contributed by atoms with Crippen molar-refractivity contribution in [2.24, 2.45) is 11.8 Å². The van der Waals surface area contributed by atoms with E-state index in [1.165, 1.54) is 0 Å². The molecule has 0 spiro atoms. The van der Waals surface area contributed by atoms with Gasteiger partial charge in [-0.15, -0.1) is 0 Å². The van der Waals surface area contributed by atoms with Gasteiger partial charge in [0, 0.05) is 6.42 Å². The van der Waals surface area contributed by atoms with Crippen LogP contribution in [0.1, 0.15) is 26.7 Å². The van der Waals surface area contributed by atoms with Gasteiger partial charge in [0.2, 0.25) is 0 Å². The molecule has 0 bridgehead atoms. The molecule has 64 valence electrons. The van der Waals surface area contributed by atoms with Crippen molar-refractivity contribution in [3.63, 3.8) is 0 Å². The minimum absolute atomic E-state index is 0.0812. The molecule has 3 nitrogen and oxygen atoms in total.